The van der Waals surface area contributed by atoms with Gasteiger partial charge in [0.15, 0.2) is 0 Å². The van der Waals surface area contributed by atoms with Gasteiger partial charge in [0.05, 0.1) is 0 Å². The lowest BCUT2D eigenvalue weighted by molar-refractivity contribution is 0.0965. The Hall–Kier alpha value is -1.71. The number of rotatable bonds is 2. The second kappa shape index (κ2) is 3.46. The molecule has 0 spiro atoms. The van der Waals surface area contributed by atoms with Gasteiger partial charge in [0.2, 0.25) is 0 Å². The molecule has 0 aliphatic rings. The van der Waals surface area contributed by atoms with Gasteiger partial charge in [-0.2, -0.15) is 0 Å². The Balaban J connectivity index is 2.77. The van der Waals surface area contributed by atoms with Crippen LogP contribution in [0.2, 0.25) is 0 Å². The van der Waals surface area contributed by atoms with Gasteiger partial charge in [-0.05, 0) is 12.3 Å². The Labute approximate surface area is 64.0 Å². The van der Waals surface area contributed by atoms with Gasteiger partial charge < -0.3 is 5.32 Å². The molecule has 0 bridgehead atoms. The Bertz CT molecular complexity index is 258. The quantitative estimate of drug-likeness (QED) is 0.660. The minimum Gasteiger partial charge on any atom is -0.328 e. The van der Waals surface area contributed by atoms with E-state index >= 15 is 0 Å². The zero-order chi connectivity index (χ0) is 8.10. The van der Waals surface area contributed by atoms with Crippen molar-refractivity contribution in [3.8, 4) is 0 Å². The molecule has 0 unspecified atom stereocenters. The molecule has 1 heterocycles. The Morgan fingerprint density at radius 2 is 2.55 bits per heavy atom. The van der Waals surface area contributed by atoms with Crippen LogP contribution in [0.15, 0.2) is 31.4 Å². The molecule has 1 N–H and O–H groups in total. The summed E-state index contributed by atoms with van der Waals surface area (Å²) < 4.78 is 0. The van der Waals surface area contributed by atoms with E-state index in [1.807, 2.05) is 0 Å². The summed E-state index contributed by atoms with van der Waals surface area (Å²) in [7, 11) is 0. The van der Waals surface area contributed by atoms with Crippen LogP contribution in [0.3, 0.4) is 0 Å². The maximum Gasteiger partial charge on any atom is 0.273 e. The largest absolute Gasteiger partial charge is 0.328 e. The van der Waals surface area contributed by atoms with Crippen LogP contribution >= 0.6 is 0 Å². The molecule has 1 aromatic heterocycles. The molecule has 0 aliphatic heterocycles. The van der Waals surface area contributed by atoms with Crippen molar-refractivity contribution in [1.82, 2.24) is 15.3 Å². The molecule has 0 fully saturated rings. The lowest BCUT2D eigenvalue weighted by Crippen LogP contribution is -2.17. The summed E-state index contributed by atoms with van der Waals surface area (Å²) >= 11 is 0. The Morgan fingerprint density at radius 3 is 3.09 bits per heavy atom. The van der Waals surface area contributed by atoms with Gasteiger partial charge in [0.25, 0.3) is 5.91 Å². The van der Waals surface area contributed by atoms with Gasteiger partial charge in [-0.1, -0.05) is 6.58 Å². The van der Waals surface area contributed by atoms with Gasteiger partial charge in [-0.15, -0.1) is 0 Å². The van der Waals surface area contributed by atoms with Crippen molar-refractivity contribution in [2.75, 3.05) is 0 Å². The molecule has 4 nitrogen and oxygen atoms in total. The van der Waals surface area contributed by atoms with Gasteiger partial charge in [0.1, 0.15) is 12.0 Å². The van der Waals surface area contributed by atoms with Crippen molar-refractivity contribution >= 4 is 5.91 Å². The summed E-state index contributed by atoms with van der Waals surface area (Å²) in [5.41, 5.74) is 0.333. The van der Waals surface area contributed by atoms with Crippen LogP contribution < -0.4 is 5.32 Å². The van der Waals surface area contributed by atoms with Gasteiger partial charge in [-0.3, -0.25) is 4.79 Å². The molecule has 0 radical (unpaired) electrons. The van der Waals surface area contributed by atoms with E-state index in [1.54, 1.807) is 0 Å². The first-order chi connectivity index (χ1) is 5.34. The van der Waals surface area contributed by atoms with E-state index < -0.39 is 0 Å². The fourth-order valence-corrected chi connectivity index (χ4v) is 0.592. The molecule has 0 saturated heterocycles. The highest BCUT2D eigenvalue weighted by Crippen LogP contribution is 1.89. The van der Waals surface area contributed by atoms with Crippen molar-refractivity contribution in [2.45, 2.75) is 0 Å². The molecular weight excluding hydrogens is 142 g/mol. The fraction of sp³-hybridized carbons (Fsp3) is 0. The lowest BCUT2D eigenvalue weighted by Gasteiger charge is -1.95. The Morgan fingerprint density at radius 1 is 1.73 bits per heavy atom. The highest BCUT2D eigenvalue weighted by atomic mass is 16.1. The minimum atomic E-state index is -0.276. The second-order valence-corrected chi connectivity index (χ2v) is 1.77. The first kappa shape index (κ1) is 7.40. The van der Waals surface area contributed by atoms with Crippen LogP contribution in [0.4, 0.5) is 0 Å². The van der Waals surface area contributed by atoms with E-state index in [0.717, 1.165) is 0 Å². The van der Waals surface area contributed by atoms with Crippen LogP contribution in [-0.2, 0) is 0 Å². The number of carbonyl (C=O) groups is 1. The highest BCUT2D eigenvalue weighted by Gasteiger charge is 2.01. The Kier molecular flexibility index (Phi) is 2.32. The van der Waals surface area contributed by atoms with Crippen molar-refractivity contribution in [3.63, 3.8) is 0 Å². The molecule has 0 aromatic carbocycles. The molecule has 4 heteroatoms. The third-order valence-corrected chi connectivity index (χ3v) is 1.05. The summed E-state index contributed by atoms with van der Waals surface area (Å²) in [6.07, 6.45) is 4.13. The topological polar surface area (TPSA) is 54.9 Å². The number of aromatic nitrogens is 2. The molecule has 56 valence electrons. The average molecular weight is 149 g/mol. The molecule has 0 saturated carbocycles. The molecular formula is C7H7N3O. The van der Waals surface area contributed by atoms with E-state index in [4.69, 9.17) is 0 Å². The second-order valence-electron chi connectivity index (χ2n) is 1.77. The van der Waals surface area contributed by atoms with Crippen molar-refractivity contribution in [1.29, 1.82) is 0 Å². The predicted octanol–water partition coefficient (Wildman–Crippen LogP) is 0.350. The van der Waals surface area contributed by atoms with Gasteiger partial charge >= 0.3 is 0 Å². The monoisotopic (exact) mass is 149 g/mol. The number of hydrogen-bond donors (Lipinski definition) is 1. The van der Waals surface area contributed by atoms with E-state index in [-0.39, 0.29) is 5.91 Å². The number of nitrogens with zero attached hydrogens (tertiary/aromatic N) is 2. The SMILES string of the molecule is C=CNC(=O)c1ccncn1. The van der Waals surface area contributed by atoms with Crippen LogP contribution in [0.1, 0.15) is 10.5 Å². The maximum atomic E-state index is 11.0. The van der Waals surface area contributed by atoms with Crippen molar-refractivity contribution in [3.05, 3.63) is 37.1 Å². The first-order valence-electron chi connectivity index (χ1n) is 3.02. The summed E-state index contributed by atoms with van der Waals surface area (Å²) in [4.78, 5) is 18.4. The summed E-state index contributed by atoms with van der Waals surface area (Å²) in [6, 6.07) is 1.53. The normalized spacial score (nSPS) is 8.73. The standard InChI is InChI=1S/C7H7N3O/c1-2-9-7(11)6-3-4-8-5-10-6/h2-5H,1H2,(H,9,11). The summed E-state index contributed by atoms with van der Waals surface area (Å²) in [6.45, 7) is 3.35. The van der Waals surface area contributed by atoms with Crippen molar-refractivity contribution < 1.29 is 4.79 Å². The maximum absolute atomic E-state index is 11.0. The zero-order valence-electron chi connectivity index (χ0n) is 5.82. The molecule has 0 atom stereocenters. The van der Waals surface area contributed by atoms with Crippen LogP contribution in [0.25, 0.3) is 0 Å². The average Bonchev–Trinajstić information content (AvgIpc) is 2.07. The van der Waals surface area contributed by atoms with E-state index in [9.17, 15) is 4.79 Å². The fourth-order valence-electron chi connectivity index (χ4n) is 0.592. The molecule has 1 aromatic rings. The van der Waals surface area contributed by atoms with E-state index in [1.165, 1.54) is 24.8 Å². The van der Waals surface area contributed by atoms with Crippen molar-refractivity contribution in [2.24, 2.45) is 0 Å². The van der Waals surface area contributed by atoms with E-state index in [2.05, 4.69) is 21.9 Å². The van der Waals surface area contributed by atoms with E-state index in [0.29, 0.717) is 5.69 Å². The predicted molar refractivity (Wildman–Crippen MR) is 39.7 cm³/mol. The molecule has 1 rings (SSSR count). The summed E-state index contributed by atoms with van der Waals surface area (Å²) in [5.74, 6) is -0.276. The number of carbonyl (C=O) groups excluding carboxylic acids is 1. The lowest BCUT2D eigenvalue weighted by atomic mass is 10.4. The molecule has 1 amide bonds. The van der Waals surface area contributed by atoms with Crippen LogP contribution in [0.5, 0.6) is 0 Å². The van der Waals surface area contributed by atoms with Gasteiger partial charge in [0, 0.05) is 6.20 Å². The number of nitrogens with one attached hydrogen (secondary N) is 1. The third kappa shape index (κ3) is 1.86. The zero-order valence-corrected chi connectivity index (χ0v) is 5.82. The summed E-state index contributed by atoms with van der Waals surface area (Å²) in [5, 5.41) is 2.40. The highest BCUT2D eigenvalue weighted by molar-refractivity contribution is 5.92. The number of hydrogen-bond acceptors (Lipinski definition) is 3. The van der Waals surface area contributed by atoms with Gasteiger partial charge in [-0.25, -0.2) is 9.97 Å². The van der Waals surface area contributed by atoms with Crippen LogP contribution in [-0.4, -0.2) is 15.9 Å². The molecule has 0 aliphatic carbocycles. The third-order valence-electron chi connectivity index (χ3n) is 1.05. The first-order valence-corrected chi connectivity index (χ1v) is 3.02. The van der Waals surface area contributed by atoms with Crippen LogP contribution in [0, 0.1) is 0 Å². The number of amides is 1. The smallest absolute Gasteiger partial charge is 0.273 e. The minimum absolute atomic E-state index is 0.276. The molecule has 11 heavy (non-hydrogen) atoms.